The van der Waals surface area contributed by atoms with Gasteiger partial charge in [0.25, 0.3) is 0 Å². The molecule has 1 heterocycles. The number of carboxylic acids is 1. The highest BCUT2D eigenvalue weighted by Crippen LogP contribution is 2.37. The molecule has 1 amide bonds. The molecular formula is C39H33NO5S. The third-order valence-corrected chi connectivity index (χ3v) is 8.80. The highest BCUT2D eigenvalue weighted by molar-refractivity contribution is 7.98. The van der Waals surface area contributed by atoms with Crippen LogP contribution in [-0.2, 0) is 28.3 Å². The van der Waals surface area contributed by atoms with Crippen molar-refractivity contribution in [2.24, 2.45) is 0 Å². The highest BCUT2D eigenvalue weighted by Gasteiger charge is 2.21. The van der Waals surface area contributed by atoms with Gasteiger partial charge in [0.2, 0.25) is 0 Å². The number of alkyl carbamates (subject to hydrolysis) is 1. The summed E-state index contributed by atoms with van der Waals surface area (Å²) in [4.78, 5) is 23.9. The molecule has 6 nitrogen and oxygen atoms in total. The van der Waals surface area contributed by atoms with Crippen LogP contribution in [0.4, 0.5) is 4.79 Å². The maximum Gasteiger partial charge on any atom is 0.408 e. The van der Waals surface area contributed by atoms with Gasteiger partial charge in [-0.3, -0.25) is 0 Å². The number of aliphatic carboxylic acids is 1. The Hall–Kier alpha value is -5.27. The number of para-hydroxylation sites is 1. The lowest BCUT2D eigenvalue weighted by atomic mass is 9.96. The van der Waals surface area contributed by atoms with E-state index in [1.54, 1.807) is 0 Å². The molecule has 0 fully saturated rings. The minimum Gasteiger partial charge on any atom is -0.480 e. The Labute approximate surface area is 272 Å². The monoisotopic (exact) mass is 627 g/mol. The fourth-order valence-corrected chi connectivity index (χ4v) is 6.33. The molecule has 46 heavy (non-hydrogen) atoms. The number of hydrogen-bond acceptors (Lipinski definition) is 5. The Morgan fingerprint density at radius 2 is 1.28 bits per heavy atom. The molecule has 0 aliphatic rings. The lowest BCUT2D eigenvalue weighted by Crippen LogP contribution is -2.42. The van der Waals surface area contributed by atoms with Crippen molar-refractivity contribution in [2.45, 2.75) is 24.8 Å². The maximum absolute atomic E-state index is 12.2. The van der Waals surface area contributed by atoms with Gasteiger partial charge in [0.05, 0.1) is 0 Å². The van der Waals surface area contributed by atoms with Gasteiger partial charge in [0.1, 0.15) is 24.0 Å². The summed E-state index contributed by atoms with van der Waals surface area (Å²) >= 11 is 1.44. The number of ether oxygens (including phenoxy) is 1. The predicted molar refractivity (Wildman–Crippen MR) is 184 cm³/mol. The van der Waals surface area contributed by atoms with Crippen molar-refractivity contribution < 1.29 is 23.8 Å². The van der Waals surface area contributed by atoms with Crippen molar-refractivity contribution in [3.63, 3.8) is 0 Å². The number of benzene rings is 5. The summed E-state index contributed by atoms with van der Waals surface area (Å²) in [6.45, 7) is 0.0801. The molecule has 6 aromatic rings. The van der Waals surface area contributed by atoms with Crippen molar-refractivity contribution >= 4 is 34.8 Å². The molecule has 1 atom stereocenters. The molecule has 0 aliphatic heterocycles. The van der Waals surface area contributed by atoms with Crippen molar-refractivity contribution in [2.75, 3.05) is 5.75 Å². The molecule has 1 aromatic heterocycles. The summed E-state index contributed by atoms with van der Waals surface area (Å²) < 4.78 is 11.5. The standard InChI is InChI=1S/C39H33NO5S/c41-38(42)34(40-39(43)44-24-28-11-5-2-6-12-28)26-46-25-29-15-17-30(18-16-29)31-19-21-32(22-20-31)37-33-13-7-8-14-35(33)45-36(37)23-27-9-3-1-4-10-27/h1-22,34H,23-26H2,(H,40,43)(H,41,42)/t34-/m0/s1. The Bertz CT molecular complexity index is 1900. The van der Waals surface area contributed by atoms with Crippen LogP contribution in [0.5, 0.6) is 0 Å². The minimum absolute atomic E-state index is 0.0801. The smallest absolute Gasteiger partial charge is 0.408 e. The average Bonchev–Trinajstić information content (AvgIpc) is 3.46. The van der Waals surface area contributed by atoms with Gasteiger partial charge >= 0.3 is 12.1 Å². The van der Waals surface area contributed by atoms with E-state index in [0.29, 0.717) is 12.2 Å². The van der Waals surface area contributed by atoms with E-state index < -0.39 is 18.1 Å². The molecule has 7 heteroatoms. The number of fused-ring (bicyclic) bond motifs is 1. The van der Waals surface area contributed by atoms with E-state index in [2.05, 4.69) is 72.0 Å². The average molecular weight is 628 g/mol. The first-order valence-electron chi connectivity index (χ1n) is 15.1. The first-order chi connectivity index (χ1) is 22.5. The van der Waals surface area contributed by atoms with E-state index >= 15 is 0 Å². The summed E-state index contributed by atoms with van der Waals surface area (Å²) in [5.74, 6) is 0.681. The number of carbonyl (C=O) groups is 2. The van der Waals surface area contributed by atoms with E-state index in [-0.39, 0.29) is 12.4 Å². The topological polar surface area (TPSA) is 88.8 Å². The zero-order chi connectivity index (χ0) is 31.7. The van der Waals surface area contributed by atoms with Crippen molar-refractivity contribution in [1.29, 1.82) is 0 Å². The van der Waals surface area contributed by atoms with Crippen LogP contribution in [0.25, 0.3) is 33.2 Å². The summed E-state index contributed by atoms with van der Waals surface area (Å²) in [6, 6.07) is 43.5. The van der Waals surface area contributed by atoms with E-state index in [1.807, 2.05) is 66.7 Å². The fraction of sp³-hybridized carbons (Fsp3) is 0.128. The molecule has 230 valence electrons. The molecule has 6 rings (SSSR count). The molecule has 0 spiro atoms. The third kappa shape index (κ3) is 7.68. The molecule has 5 aromatic carbocycles. The van der Waals surface area contributed by atoms with Crippen molar-refractivity contribution in [1.82, 2.24) is 5.32 Å². The van der Waals surface area contributed by atoms with Crippen LogP contribution >= 0.6 is 11.8 Å². The number of nitrogens with one attached hydrogen (secondary N) is 1. The second-order valence-electron chi connectivity index (χ2n) is 10.9. The quantitative estimate of drug-likeness (QED) is 0.141. The molecule has 0 bridgehead atoms. The van der Waals surface area contributed by atoms with Crippen LogP contribution in [0.3, 0.4) is 0 Å². The van der Waals surface area contributed by atoms with E-state index in [1.165, 1.54) is 17.3 Å². The van der Waals surface area contributed by atoms with Crippen LogP contribution in [0.2, 0.25) is 0 Å². The number of carbonyl (C=O) groups excluding carboxylic acids is 1. The van der Waals surface area contributed by atoms with Gasteiger partial charge in [-0.2, -0.15) is 11.8 Å². The molecular weight excluding hydrogens is 594 g/mol. The SMILES string of the molecule is O=C(N[C@@H](CSCc1ccc(-c2ccc(-c3c(Cc4ccccc4)oc4ccccc34)cc2)cc1)C(=O)O)OCc1ccccc1. The van der Waals surface area contributed by atoms with Crippen molar-refractivity contribution in [3.05, 3.63) is 156 Å². The van der Waals surface area contributed by atoms with Crippen LogP contribution in [0.1, 0.15) is 22.5 Å². The van der Waals surface area contributed by atoms with Crippen molar-refractivity contribution in [3.8, 4) is 22.3 Å². The van der Waals surface area contributed by atoms with E-state index in [4.69, 9.17) is 9.15 Å². The summed E-state index contributed by atoms with van der Waals surface area (Å²) in [5.41, 5.74) is 8.41. The first-order valence-corrected chi connectivity index (χ1v) is 16.2. The number of amides is 1. The number of carboxylic acid groups (broad SMARTS) is 1. The molecule has 0 saturated heterocycles. The normalized spacial score (nSPS) is 11.7. The van der Waals surface area contributed by atoms with Crippen LogP contribution in [0, 0.1) is 0 Å². The largest absolute Gasteiger partial charge is 0.480 e. The van der Waals surface area contributed by atoms with Gasteiger partial charge in [-0.05, 0) is 39.4 Å². The third-order valence-electron chi connectivity index (χ3n) is 7.69. The predicted octanol–water partition coefficient (Wildman–Crippen LogP) is 8.97. The van der Waals surface area contributed by atoms with E-state index in [0.717, 1.165) is 50.1 Å². The van der Waals surface area contributed by atoms with Gasteiger partial charge in [-0.1, -0.05) is 127 Å². The van der Waals surface area contributed by atoms with Gasteiger partial charge in [-0.15, -0.1) is 0 Å². The second kappa shape index (κ2) is 14.7. The number of thioether (sulfide) groups is 1. The molecule has 0 aliphatic carbocycles. The van der Waals surface area contributed by atoms with Crippen LogP contribution < -0.4 is 5.32 Å². The van der Waals surface area contributed by atoms with Crippen LogP contribution in [0.15, 0.2) is 138 Å². The molecule has 2 N–H and O–H groups in total. The Morgan fingerprint density at radius 3 is 1.96 bits per heavy atom. The molecule has 0 radical (unpaired) electrons. The Kier molecular flexibility index (Phi) is 9.81. The molecule has 0 saturated carbocycles. The van der Waals surface area contributed by atoms with E-state index in [9.17, 15) is 14.7 Å². The number of hydrogen-bond donors (Lipinski definition) is 2. The fourth-order valence-electron chi connectivity index (χ4n) is 5.32. The Morgan fingerprint density at radius 1 is 0.696 bits per heavy atom. The number of furan rings is 1. The lowest BCUT2D eigenvalue weighted by Gasteiger charge is -2.14. The summed E-state index contributed by atoms with van der Waals surface area (Å²) in [5, 5.41) is 13.2. The van der Waals surface area contributed by atoms with Crippen LogP contribution in [-0.4, -0.2) is 29.0 Å². The summed E-state index contributed by atoms with van der Waals surface area (Å²) in [7, 11) is 0. The second-order valence-corrected chi connectivity index (χ2v) is 12.0. The zero-order valence-corrected chi connectivity index (χ0v) is 25.9. The minimum atomic E-state index is -1.10. The van der Waals surface area contributed by atoms with Gasteiger partial charge < -0.3 is 19.6 Å². The Balaban J connectivity index is 1.07. The number of rotatable bonds is 12. The molecule has 0 unspecified atom stereocenters. The lowest BCUT2D eigenvalue weighted by molar-refractivity contribution is -0.138. The first kappa shape index (κ1) is 30.7. The van der Waals surface area contributed by atoms with Gasteiger partial charge in [-0.25, -0.2) is 9.59 Å². The van der Waals surface area contributed by atoms with Gasteiger partial charge in [0.15, 0.2) is 0 Å². The summed E-state index contributed by atoms with van der Waals surface area (Å²) in [6.07, 6.45) is -0.0335. The highest BCUT2D eigenvalue weighted by atomic mass is 32.2. The van der Waals surface area contributed by atoms with Gasteiger partial charge in [0, 0.05) is 28.9 Å². The zero-order valence-electron chi connectivity index (χ0n) is 25.1. The maximum atomic E-state index is 12.2.